The normalized spacial score (nSPS) is 21.9. The molecule has 0 aromatic heterocycles. The zero-order valence-corrected chi connectivity index (χ0v) is 13.1. The highest BCUT2D eigenvalue weighted by atomic mass is 16.5. The summed E-state index contributed by atoms with van der Waals surface area (Å²) >= 11 is 0. The minimum Gasteiger partial charge on any atom is -0.494 e. The van der Waals surface area contributed by atoms with Crippen LogP contribution in [0.2, 0.25) is 0 Å². The fourth-order valence-corrected chi connectivity index (χ4v) is 3.29. The number of nitrogens with two attached hydrogens (primary N) is 1. The third-order valence-corrected chi connectivity index (χ3v) is 4.31. The molecule has 3 nitrogen and oxygen atoms in total. The standard InChI is InChI=1S/C19H24N2O/c1-2-22-19-11-7-6-10-16(19)17-13-21(14-18(17)20)12-15-8-4-3-5-9-15/h3-11,17-18H,2,12-14,20H2,1H3. The summed E-state index contributed by atoms with van der Waals surface area (Å²) in [6.45, 7) is 5.59. The summed E-state index contributed by atoms with van der Waals surface area (Å²) < 4.78 is 5.78. The summed E-state index contributed by atoms with van der Waals surface area (Å²) in [5, 5.41) is 0. The minimum atomic E-state index is 0.158. The van der Waals surface area contributed by atoms with E-state index in [4.69, 9.17) is 10.5 Å². The second-order valence-corrected chi connectivity index (χ2v) is 5.92. The van der Waals surface area contributed by atoms with E-state index in [1.165, 1.54) is 11.1 Å². The topological polar surface area (TPSA) is 38.5 Å². The largest absolute Gasteiger partial charge is 0.494 e. The molecule has 0 radical (unpaired) electrons. The van der Waals surface area contributed by atoms with Crippen molar-refractivity contribution >= 4 is 0 Å². The van der Waals surface area contributed by atoms with Crippen LogP contribution >= 0.6 is 0 Å². The summed E-state index contributed by atoms with van der Waals surface area (Å²) in [6, 6.07) is 19.0. The molecule has 0 saturated carbocycles. The molecule has 0 spiro atoms. The average molecular weight is 296 g/mol. The zero-order valence-electron chi connectivity index (χ0n) is 13.1. The van der Waals surface area contributed by atoms with E-state index in [-0.39, 0.29) is 6.04 Å². The van der Waals surface area contributed by atoms with Crippen molar-refractivity contribution in [2.75, 3.05) is 19.7 Å². The van der Waals surface area contributed by atoms with Gasteiger partial charge in [0.1, 0.15) is 5.75 Å². The Bertz CT molecular complexity index is 599. The Hall–Kier alpha value is -1.84. The Balaban J connectivity index is 1.73. The SMILES string of the molecule is CCOc1ccccc1C1CN(Cc2ccccc2)CC1N. The summed E-state index contributed by atoms with van der Waals surface area (Å²) in [5.74, 6) is 1.32. The van der Waals surface area contributed by atoms with Crippen LogP contribution in [0.4, 0.5) is 0 Å². The Morgan fingerprint density at radius 3 is 2.55 bits per heavy atom. The lowest BCUT2D eigenvalue weighted by Gasteiger charge is -2.19. The number of nitrogens with zero attached hydrogens (tertiary/aromatic N) is 1. The molecular formula is C19H24N2O. The molecule has 2 aromatic carbocycles. The zero-order chi connectivity index (χ0) is 15.4. The van der Waals surface area contributed by atoms with Crippen LogP contribution in [-0.4, -0.2) is 30.6 Å². The molecule has 22 heavy (non-hydrogen) atoms. The van der Waals surface area contributed by atoms with Crippen molar-refractivity contribution in [3.8, 4) is 5.75 Å². The summed E-state index contributed by atoms with van der Waals surface area (Å²) in [5.41, 5.74) is 9.01. The number of para-hydroxylation sites is 1. The Labute approximate surface area is 132 Å². The van der Waals surface area contributed by atoms with Crippen molar-refractivity contribution in [1.29, 1.82) is 0 Å². The van der Waals surface area contributed by atoms with Gasteiger partial charge >= 0.3 is 0 Å². The first-order valence-corrected chi connectivity index (χ1v) is 8.01. The van der Waals surface area contributed by atoms with Crippen LogP contribution in [-0.2, 0) is 6.54 Å². The van der Waals surface area contributed by atoms with Crippen molar-refractivity contribution in [3.63, 3.8) is 0 Å². The second kappa shape index (κ2) is 6.95. The van der Waals surface area contributed by atoms with Crippen LogP contribution < -0.4 is 10.5 Å². The first-order valence-electron chi connectivity index (χ1n) is 8.01. The molecule has 1 heterocycles. The number of benzene rings is 2. The number of likely N-dealkylation sites (tertiary alicyclic amines) is 1. The van der Waals surface area contributed by atoms with Gasteiger partial charge in [0.2, 0.25) is 0 Å². The molecule has 3 heteroatoms. The maximum absolute atomic E-state index is 6.42. The van der Waals surface area contributed by atoms with E-state index >= 15 is 0 Å². The Kier molecular flexibility index (Phi) is 4.76. The van der Waals surface area contributed by atoms with Gasteiger partial charge < -0.3 is 10.5 Å². The van der Waals surface area contributed by atoms with Gasteiger partial charge in [0.05, 0.1) is 6.61 Å². The van der Waals surface area contributed by atoms with Crippen LogP contribution in [0.5, 0.6) is 5.75 Å². The predicted octanol–water partition coefficient (Wildman–Crippen LogP) is 3.01. The maximum Gasteiger partial charge on any atom is 0.122 e. The molecule has 1 saturated heterocycles. The van der Waals surface area contributed by atoms with Gasteiger partial charge in [0.25, 0.3) is 0 Å². The minimum absolute atomic E-state index is 0.158. The van der Waals surface area contributed by atoms with Gasteiger partial charge in [-0.15, -0.1) is 0 Å². The van der Waals surface area contributed by atoms with Gasteiger partial charge in [-0.2, -0.15) is 0 Å². The molecule has 0 aliphatic carbocycles. The highest BCUT2D eigenvalue weighted by Crippen LogP contribution is 2.33. The molecule has 2 N–H and O–H groups in total. The second-order valence-electron chi connectivity index (χ2n) is 5.92. The van der Waals surface area contributed by atoms with Gasteiger partial charge in [0, 0.05) is 37.2 Å². The summed E-state index contributed by atoms with van der Waals surface area (Å²) in [6.07, 6.45) is 0. The Morgan fingerprint density at radius 2 is 1.77 bits per heavy atom. The monoisotopic (exact) mass is 296 g/mol. The van der Waals surface area contributed by atoms with E-state index in [9.17, 15) is 0 Å². The van der Waals surface area contributed by atoms with Crippen molar-refractivity contribution in [2.45, 2.75) is 25.4 Å². The highest BCUT2D eigenvalue weighted by molar-refractivity contribution is 5.38. The first-order chi connectivity index (χ1) is 10.8. The summed E-state index contributed by atoms with van der Waals surface area (Å²) in [4.78, 5) is 2.44. The molecule has 2 aromatic rings. The van der Waals surface area contributed by atoms with Crippen molar-refractivity contribution in [3.05, 3.63) is 65.7 Å². The molecular weight excluding hydrogens is 272 g/mol. The van der Waals surface area contributed by atoms with Gasteiger partial charge in [-0.3, -0.25) is 4.90 Å². The lowest BCUT2D eigenvalue weighted by Crippen LogP contribution is -2.28. The average Bonchev–Trinajstić information content (AvgIpc) is 2.89. The van der Waals surface area contributed by atoms with Gasteiger partial charge in [-0.1, -0.05) is 48.5 Å². The van der Waals surface area contributed by atoms with E-state index in [0.29, 0.717) is 12.5 Å². The summed E-state index contributed by atoms with van der Waals surface area (Å²) in [7, 11) is 0. The smallest absolute Gasteiger partial charge is 0.122 e. The maximum atomic E-state index is 6.42. The number of hydrogen-bond acceptors (Lipinski definition) is 3. The third-order valence-electron chi connectivity index (χ3n) is 4.31. The molecule has 116 valence electrons. The predicted molar refractivity (Wildman–Crippen MR) is 90.0 cm³/mol. The van der Waals surface area contributed by atoms with Crippen LogP contribution in [0.1, 0.15) is 24.0 Å². The van der Waals surface area contributed by atoms with Crippen LogP contribution in [0.15, 0.2) is 54.6 Å². The van der Waals surface area contributed by atoms with E-state index in [1.807, 2.05) is 19.1 Å². The number of rotatable bonds is 5. The van der Waals surface area contributed by atoms with Gasteiger partial charge in [0.15, 0.2) is 0 Å². The van der Waals surface area contributed by atoms with Gasteiger partial charge in [-0.05, 0) is 18.6 Å². The fourth-order valence-electron chi connectivity index (χ4n) is 3.29. The fraction of sp³-hybridized carbons (Fsp3) is 0.368. The Morgan fingerprint density at radius 1 is 1.05 bits per heavy atom. The van der Waals surface area contributed by atoms with Crippen molar-refractivity contribution in [2.24, 2.45) is 5.73 Å². The van der Waals surface area contributed by atoms with E-state index in [1.54, 1.807) is 0 Å². The van der Waals surface area contributed by atoms with Crippen molar-refractivity contribution < 1.29 is 4.74 Å². The highest BCUT2D eigenvalue weighted by Gasteiger charge is 2.32. The van der Waals surface area contributed by atoms with Crippen LogP contribution in [0, 0.1) is 0 Å². The molecule has 0 amide bonds. The van der Waals surface area contributed by atoms with Crippen LogP contribution in [0.3, 0.4) is 0 Å². The van der Waals surface area contributed by atoms with Crippen LogP contribution in [0.25, 0.3) is 0 Å². The van der Waals surface area contributed by atoms with E-state index in [2.05, 4.69) is 47.4 Å². The van der Waals surface area contributed by atoms with E-state index in [0.717, 1.165) is 25.4 Å². The lowest BCUT2D eigenvalue weighted by atomic mass is 9.94. The molecule has 0 bridgehead atoms. The quantitative estimate of drug-likeness (QED) is 0.922. The van der Waals surface area contributed by atoms with Gasteiger partial charge in [-0.25, -0.2) is 0 Å². The first kappa shape index (κ1) is 15.1. The third kappa shape index (κ3) is 3.32. The molecule has 3 rings (SSSR count). The lowest BCUT2D eigenvalue weighted by molar-refractivity contribution is 0.318. The number of ether oxygens (including phenoxy) is 1. The number of hydrogen-bond donors (Lipinski definition) is 1. The molecule has 1 aliphatic heterocycles. The molecule has 1 fully saturated rings. The van der Waals surface area contributed by atoms with E-state index < -0.39 is 0 Å². The molecule has 1 aliphatic rings. The van der Waals surface area contributed by atoms with Crippen molar-refractivity contribution in [1.82, 2.24) is 4.90 Å². The molecule has 2 unspecified atom stereocenters. The molecule has 2 atom stereocenters.